The Bertz CT molecular complexity index is 398. The van der Waals surface area contributed by atoms with E-state index in [9.17, 15) is 9.90 Å². The Balaban J connectivity index is 2.16. The lowest BCUT2D eigenvalue weighted by Crippen LogP contribution is -2.46. The van der Waals surface area contributed by atoms with Gasteiger partial charge in [0.1, 0.15) is 0 Å². The first-order valence-electron chi connectivity index (χ1n) is 7.28. The number of aliphatic hydroxyl groups excluding tert-OH is 1. The first-order chi connectivity index (χ1) is 8.95. The Morgan fingerprint density at radius 2 is 2.16 bits per heavy atom. The number of likely N-dealkylation sites (tertiary alicyclic amines) is 1. The van der Waals surface area contributed by atoms with Crippen molar-refractivity contribution in [2.24, 2.45) is 11.3 Å². The van der Waals surface area contributed by atoms with Crippen molar-refractivity contribution in [3.05, 3.63) is 24.3 Å². The number of β-amino-alcohol motifs (C(OH)–C–C–N with tert-alkyl or cyclic N) is 1. The zero-order valence-corrected chi connectivity index (χ0v) is 12.2. The molecule has 2 rings (SSSR count). The van der Waals surface area contributed by atoms with Crippen molar-refractivity contribution >= 4 is 5.91 Å². The van der Waals surface area contributed by atoms with E-state index in [1.807, 2.05) is 37.8 Å². The Morgan fingerprint density at radius 3 is 2.74 bits per heavy atom. The molecule has 1 heterocycles. The molecule has 106 valence electrons. The average Bonchev–Trinajstić information content (AvgIpc) is 2.80. The van der Waals surface area contributed by atoms with E-state index in [0.717, 1.165) is 12.8 Å². The van der Waals surface area contributed by atoms with Gasteiger partial charge in [0.05, 0.1) is 6.10 Å². The van der Waals surface area contributed by atoms with Crippen LogP contribution in [0.5, 0.6) is 0 Å². The van der Waals surface area contributed by atoms with Crippen molar-refractivity contribution in [1.29, 1.82) is 0 Å². The minimum absolute atomic E-state index is 0.148. The molecule has 0 saturated carbocycles. The molecule has 1 fully saturated rings. The maximum Gasteiger partial charge on any atom is 0.228 e. The number of nitrogens with zero attached hydrogens (tertiary/aromatic N) is 1. The van der Waals surface area contributed by atoms with Gasteiger partial charge >= 0.3 is 0 Å². The summed E-state index contributed by atoms with van der Waals surface area (Å²) in [7, 11) is 0. The molecule has 1 aliphatic carbocycles. The molecule has 0 aromatic heterocycles. The van der Waals surface area contributed by atoms with Crippen LogP contribution in [0.1, 0.15) is 40.0 Å². The minimum atomic E-state index is -0.374. The number of amides is 1. The molecule has 3 nitrogen and oxygen atoms in total. The monoisotopic (exact) mass is 263 g/mol. The van der Waals surface area contributed by atoms with Crippen LogP contribution in [0, 0.1) is 11.3 Å². The van der Waals surface area contributed by atoms with Gasteiger partial charge in [-0.3, -0.25) is 4.79 Å². The zero-order chi connectivity index (χ0) is 14.0. The third-order valence-corrected chi connectivity index (χ3v) is 4.55. The topological polar surface area (TPSA) is 40.5 Å². The molecule has 19 heavy (non-hydrogen) atoms. The summed E-state index contributed by atoms with van der Waals surface area (Å²) < 4.78 is 0. The summed E-state index contributed by atoms with van der Waals surface area (Å²) in [6.45, 7) is 6.52. The van der Waals surface area contributed by atoms with Crippen LogP contribution in [0.25, 0.3) is 0 Å². The van der Waals surface area contributed by atoms with E-state index in [2.05, 4.69) is 12.2 Å². The third-order valence-electron chi connectivity index (χ3n) is 4.55. The van der Waals surface area contributed by atoms with E-state index in [1.54, 1.807) is 0 Å². The number of rotatable bonds is 3. The summed E-state index contributed by atoms with van der Waals surface area (Å²) in [6, 6.07) is 0.148. The van der Waals surface area contributed by atoms with Crippen molar-refractivity contribution < 1.29 is 9.90 Å². The van der Waals surface area contributed by atoms with Crippen molar-refractivity contribution in [2.45, 2.75) is 52.2 Å². The molecule has 0 radical (unpaired) electrons. The highest BCUT2D eigenvalue weighted by Gasteiger charge is 2.42. The fourth-order valence-corrected chi connectivity index (χ4v) is 2.91. The first kappa shape index (κ1) is 14.3. The van der Waals surface area contributed by atoms with Gasteiger partial charge in [-0.2, -0.15) is 0 Å². The van der Waals surface area contributed by atoms with E-state index in [0.29, 0.717) is 18.9 Å². The van der Waals surface area contributed by atoms with Gasteiger partial charge in [-0.25, -0.2) is 0 Å². The number of carbonyl (C=O) groups excluding carboxylic acids is 1. The number of carbonyl (C=O) groups is 1. The Labute approximate surface area is 116 Å². The van der Waals surface area contributed by atoms with Crippen molar-refractivity contribution in [1.82, 2.24) is 4.90 Å². The fourth-order valence-electron chi connectivity index (χ4n) is 2.91. The van der Waals surface area contributed by atoms with Crippen LogP contribution in [0.3, 0.4) is 0 Å². The highest BCUT2D eigenvalue weighted by Crippen LogP contribution is 2.33. The van der Waals surface area contributed by atoms with Gasteiger partial charge in [-0.05, 0) is 19.3 Å². The van der Waals surface area contributed by atoms with Crippen LogP contribution >= 0.6 is 0 Å². The van der Waals surface area contributed by atoms with Crippen LogP contribution in [-0.4, -0.2) is 34.6 Å². The Morgan fingerprint density at radius 1 is 1.42 bits per heavy atom. The van der Waals surface area contributed by atoms with E-state index in [4.69, 9.17) is 0 Å². The molecular formula is C16H25NO2. The molecule has 1 unspecified atom stereocenters. The van der Waals surface area contributed by atoms with Crippen LogP contribution in [0.2, 0.25) is 0 Å². The molecule has 1 aliphatic heterocycles. The molecule has 2 aliphatic rings. The van der Waals surface area contributed by atoms with Gasteiger partial charge in [-0.1, -0.05) is 45.1 Å². The molecule has 0 bridgehead atoms. The van der Waals surface area contributed by atoms with Crippen LogP contribution in [-0.2, 0) is 4.79 Å². The van der Waals surface area contributed by atoms with E-state index >= 15 is 0 Å². The number of hydrogen-bond donors (Lipinski definition) is 1. The molecule has 0 spiro atoms. The maximum absolute atomic E-state index is 12.7. The highest BCUT2D eigenvalue weighted by atomic mass is 16.3. The molecule has 0 aromatic carbocycles. The van der Waals surface area contributed by atoms with E-state index in [-0.39, 0.29) is 23.5 Å². The van der Waals surface area contributed by atoms with Gasteiger partial charge < -0.3 is 10.0 Å². The second-order valence-electron chi connectivity index (χ2n) is 6.36. The van der Waals surface area contributed by atoms with Crippen LogP contribution in [0.15, 0.2) is 24.3 Å². The lowest BCUT2D eigenvalue weighted by Gasteiger charge is -2.35. The second kappa shape index (κ2) is 5.49. The molecule has 1 amide bonds. The first-order valence-corrected chi connectivity index (χ1v) is 7.28. The second-order valence-corrected chi connectivity index (χ2v) is 6.36. The summed E-state index contributed by atoms with van der Waals surface area (Å²) in [5.41, 5.74) is -0.337. The van der Waals surface area contributed by atoms with Crippen molar-refractivity contribution in [3.63, 3.8) is 0 Å². The standard InChI is InChI=1S/C16H25NO2/c1-4-16(2,3)15(19)17-11-13(18)10-14(17)12-8-6-5-7-9-12/h5-8,12-14,18H,4,9-11H2,1-3H3/t12?,13-,14+/m1/s1. The number of allylic oxidation sites excluding steroid dienone is 3. The van der Waals surface area contributed by atoms with E-state index < -0.39 is 0 Å². The summed E-state index contributed by atoms with van der Waals surface area (Å²) in [5, 5.41) is 9.95. The molecule has 3 heteroatoms. The van der Waals surface area contributed by atoms with Gasteiger partial charge in [0.25, 0.3) is 0 Å². The van der Waals surface area contributed by atoms with Crippen LogP contribution < -0.4 is 0 Å². The highest BCUT2D eigenvalue weighted by molar-refractivity contribution is 5.82. The van der Waals surface area contributed by atoms with Gasteiger partial charge in [-0.15, -0.1) is 0 Å². The quantitative estimate of drug-likeness (QED) is 0.850. The summed E-state index contributed by atoms with van der Waals surface area (Å²) >= 11 is 0. The van der Waals surface area contributed by atoms with Crippen LogP contribution in [0.4, 0.5) is 0 Å². The summed E-state index contributed by atoms with van der Waals surface area (Å²) in [4.78, 5) is 14.6. The lowest BCUT2D eigenvalue weighted by molar-refractivity contribution is -0.142. The largest absolute Gasteiger partial charge is 0.391 e. The molecular weight excluding hydrogens is 238 g/mol. The molecule has 1 saturated heterocycles. The van der Waals surface area contributed by atoms with E-state index in [1.165, 1.54) is 0 Å². The van der Waals surface area contributed by atoms with Crippen molar-refractivity contribution in [3.8, 4) is 0 Å². The number of aliphatic hydroxyl groups is 1. The molecule has 0 aromatic rings. The predicted molar refractivity (Wildman–Crippen MR) is 76.6 cm³/mol. The average molecular weight is 263 g/mol. The third kappa shape index (κ3) is 2.92. The van der Waals surface area contributed by atoms with Gasteiger partial charge in [0.15, 0.2) is 0 Å². The Hall–Kier alpha value is -1.09. The summed E-state index contributed by atoms with van der Waals surface area (Å²) in [6.07, 6.45) is 10.5. The Kier molecular flexibility index (Phi) is 4.14. The van der Waals surface area contributed by atoms with Gasteiger partial charge in [0.2, 0.25) is 5.91 Å². The minimum Gasteiger partial charge on any atom is -0.391 e. The zero-order valence-electron chi connectivity index (χ0n) is 12.2. The molecule has 3 atom stereocenters. The van der Waals surface area contributed by atoms with Gasteiger partial charge in [0, 0.05) is 23.9 Å². The predicted octanol–water partition coefficient (Wildman–Crippen LogP) is 2.52. The lowest BCUT2D eigenvalue weighted by atomic mass is 9.86. The smallest absolute Gasteiger partial charge is 0.228 e. The normalized spacial score (nSPS) is 30.9. The summed E-state index contributed by atoms with van der Waals surface area (Å²) in [5.74, 6) is 0.526. The number of hydrogen-bond acceptors (Lipinski definition) is 2. The SMILES string of the molecule is CCC(C)(C)C(=O)N1C[C@H](O)C[C@H]1C1C=CC=CC1. The fraction of sp³-hybridized carbons (Fsp3) is 0.688. The van der Waals surface area contributed by atoms with Crippen molar-refractivity contribution in [2.75, 3.05) is 6.54 Å². The maximum atomic E-state index is 12.7. The molecule has 1 N–H and O–H groups in total.